The van der Waals surface area contributed by atoms with Crippen LogP contribution < -0.4 is 19.5 Å². The highest BCUT2D eigenvalue weighted by Gasteiger charge is 2.22. The fourth-order valence-corrected chi connectivity index (χ4v) is 3.74. The first-order valence-corrected chi connectivity index (χ1v) is 10.2. The van der Waals surface area contributed by atoms with Gasteiger partial charge in [-0.1, -0.05) is 48.5 Å². The average Bonchev–Trinajstić information content (AvgIpc) is 3.26. The van der Waals surface area contributed by atoms with E-state index >= 15 is 0 Å². The fraction of sp³-hybridized carbons (Fsp3) is 0.192. The summed E-state index contributed by atoms with van der Waals surface area (Å²) in [6.07, 6.45) is 0.139. The molecule has 164 valence electrons. The molecule has 0 aliphatic heterocycles. The molecule has 1 atom stereocenters. The van der Waals surface area contributed by atoms with Gasteiger partial charge in [0.15, 0.2) is 11.5 Å². The van der Waals surface area contributed by atoms with Gasteiger partial charge < -0.3 is 23.9 Å². The highest BCUT2D eigenvalue weighted by atomic mass is 16.5. The number of amides is 1. The molecule has 0 aliphatic rings. The molecule has 1 N–H and O–H groups in total. The third-order valence-electron chi connectivity index (χ3n) is 5.26. The number of methoxy groups -OCH3 is 3. The van der Waals surface area contributed by atoms with Crippen LogP contribution in [0.4, 0.5) is 0 Å². The Morgan fingerprint density at radius 3 is 2.16 bits per heavy atom. The topological polar surface area (TPSA) is 69.9 Å². The minimum absolute atomic E-state index is 0.139. The zero-order valence-corrected chi connectivity index (χ0v) is 18.3. The maximum Gasteiger partial charge on any atom is 0.225 e. The Balaban J connectivity index is 1.62. The Labute approximate surface area is 186 Å². The number of furan rings is 1. The van der Waals surface area contributed by atoms with Crippen LogP contribution in [-0.4, -0.2) is 27.2 Å². The van der Waals surface area contributed by atoms with Crippen LogP contribution in [0.3, 0.4) is 0 Å². The zero-order chi connectivity index (χ0) is 22.5. The summed E-state index contributed by atoms with van der Waals surface area (Å²) in [6, 6.07) is 22.7. The summed E-state index contributed by atoms with van der Waals surface area (Å²) in [7, 11) is 4.65. The molecule has 1 amide bonds. The molecule has 4 aromatic rings. The smallest absolute Gasteiger partial charge is 0.225 e. The average molecular weight is 431 g/mol. The third kappa shape index (κ3) is 4.39. The van der Waals surface area contributed by atoms with Crippen molar-refractivity contribution in [3.05, 3.63) is 89.7 Å². The Kier molecular flexibility index (Phi) is 6.31. The van der Waals surface area contributed by atoms with E-state index in [0.29, 0.717) is 23.0 Å². The van der Waals surface area contributed by atoms with Crippen LogP contribution in [0.25, 0.3) is 11.0 Å². The van der Waals surface area contributed by atoms with Gasteiger partial charge in [-0.25, -0.2) is 0 Å². The Bertz CT molecular complexity index is 1160. The SMILES string of the molecule is COc1cc(CC(=O)NC(c2ccccc2)c2cc3ccccc3o2)cc(OC)c1OC. The van der Waals surface area contributed by atoms with Gasteiger partial charge in [0.25, 0.3) is 0 Å². The van der Waals surface area contributed by atoms with Gasteiger partial charge in [0.2, 0.25) is 11.7 Å². The molecule has 1 aromatic heterocycles. The Morgan fingerprint density at radius 1 is 0.875 bits per heavy atom. The maximum atomic E-state index is 13.1. The van der Waals surface area contributed by atoms with Crippen molar-refractivity contribution in [1.29, 1.82) is 0 Å². The number of rotatable bonds is 8. The highest BCUT2D eigenvalue weighted by Crippen LogP contribution is 2.38. The molecule has 0 bridgehead atoms. The van der Waals surface area contributed by atoms with E-state index in [2.05, 4.69) is 5.32 Å². The summed E-state index contributed by atoms with van der Waals surface area (Å²) >= 11 is 0. The molecule has 1 heterocycles. The van der Waals surface area contributed by atoms with Crippen molar-refractivity contribution >= 4 is 16.9 Å². The van der Waals surface area contributed by atoms with Gasteiger partial charge in [-0.2, -0.15) is 0 Å². The quantitative estimate of drug-likeness (QED) is 0.429. The predicted molar refractivity (Wildman–Crippen MR) is 122 cm³/mol. The number of nitrogens with one attached hydrogen (secondary N) is 1. The number of carbonyl (C=O) groups excluding carboxylic acids is 1. The largest absolute Gasteiger partial charge is 0.493 e. The van der Waals surface area contributed by atoms with Crippen molar-refractivity contribution in [1.82, 2.24) is 5.32 Å². The van der Waals surface area contributed by atoms with Gasteiger partial charge in [-0.3, -0.25) is 4.79 Å². The Morgan fingerprint density at radius 2 is 1.53 bits per heavy atom. The summed E-state index contributed by atoms with van der Waals surface area (Å²) in [4.78, 5) is 13.1. The lowest BCUT2D eigenvalue weighted by molar-refractivity contribution is -0.121. The monoisotopic (exact) mass is 431 g/mol. The summed E-state index contributed by atoms with van der Waals surface area (Å²) in [6.45, 7) is 0. The lowest BCUT2D eigenvalue weighted by Crippen LogP contribution is -2.30. The van der Waals surface area contributed by atoms with E-state index in [0.717, 1.165) is 22.1 Å². The second kappa shape index (κ2) is 9.47. The summed E-state index contributed by atoms with van der Waals surface area (Å²) in [5, 5.41) is 4.11. The van der Waals surface area contributed by atoms with E-state index < -0.39 is 6.04 Å². The molecular weight excluding hydrogens is 406 g/mol. The minimum Gasteiger partial charge on any atom is -0.493 e. The standard InChI is InChI=1S/C26H25NO5/c1-29-22-13-17(14-23(30-2)26(22)31-3)15-24(28)27-25(18-9-5-4-6-10-18)21-16-19-11-7-8-12-20(19)32-21/h4-14,16,25H,15H2,1-3H3,(H,27,28). The molecule has 0 radical (unpaired) electrons. The van der Waals surface area contributed by atoms with Gasteiger partial charge in [0, 0.05) is 5.39 Å². The maximum absolute atomic E-state index is 13.1. The van der Waals surface area contributed by atoms with Crippen LogP contribution in [0.5, 0.6) is 17.2 Å². The van der Waals surface area contributed by atoms with Gasteiger partial charge in [-0.15, -0.1) is 0 Å². The molecular formula is C26H25NO5. The highest BCUT2D eigenvalue weighted by molar-refractivity contribution is 5.81. The second-order valence-corrected chi connectivity index (χ2v) is 7.31. The molecule has 6 heteroatoms. The van der Waals surface area contributed by atoms with Crippen LogP contribution >= 0.6 is 0 Å². The number of hydrogen-bond donors (Lipinski definition) is 1. The molecule has 0 saturated carbocycles. The van der Waals surface area contributed by atoms with Crippen molar-refractivity contribution in [2.45, 2.75) is 12.5 Å². The van der Waals surface area contributed by atoms with Crippen LogP contribution in [0.1, 0.15) is 22.9 Å². The van der Waals surface area contributed by atoms with Crippen LogP contribution in [0.15, 0.2) is 77.2 Å². The zero-order valence-electron chi connectivity index (χ0n) is 18.3. The lowest BCUT2D eigenvalue weighted by Gasteiger charge is -2.18. The molecule has 0 spiro atoms. The van der Waals surface area contributed by atoms with Crippen molar-refractivity contribution in [2.24, 2.45) is 0 Å². The molecule has 3 aromatic carbocycles. The van der Waals surface area contributed by atoms with Crippen molar-refractivity contribution in [3.63, 3.8) is 0 Å². The first-order valence-electron chi connectivity index (χ1n) is 10.2. The summed E-state index contributed by atoms with van der Waals surface area (Å²) in [5.74, 6) is 2.02. The first kappa shape index (κ1) is 21.3. The van der Waals surface area contributed by atoms with E-state index in [1.54, 1.807) is 33.5 Å². The van der Waals surface area contributed by atoms with Gasteiger partial charge in [-0.05, 0) is 35.4 Å². The third-order valence-corrected chi connectivity index (χ3v) is 5.26. The van der Waals surface area contributed by atoms with E-state index in [1.807, 2.05) is 60.7 Å². The van der Waals surface area contributed by atoms with Crippen LogP contribution in [-0.2, 0) is 11.2 Å². The van der Waals surface area contributed by atoms with E-state index in [1.165, 1.54) is 0 Å². The van der Waals surface area contributed by atoms with Gasteiger partial charge >= 0.3 is 0 Å². The minimum atomic E-state index is -0.418. The van der Waals surface area contributed by atoms with E-state index in [4.69, 9.17) is 18.6 Å². The second-order valence-electron chi connectivity index (χ2n) is 7.31. The fourth-order valence-electron chi connectivity index (χ4n) is 3.74. The molecule has 0 saturated heterocycles. The Hall–Kier alpha value is -3.93. The van der Waals surface area contributed by atoms with Crippen LogP contribution in [0.2, 0.25) is 0 Å². The normalized spacial score (nSPS) is 11.7. The lowest BCUT2D eigenvalue weighted by atomic mass is 10.0. The molecule has 32 heavy (non-hydrogen) atoms. The molecule has 6 nitrogen and oxygen atoms in total. The summed E-state index contributed by atoms with van der Waals surface area (Å²) < 4.78 is 22.2. The number of para-hydroxylation sites is 1. The molecule has 1 unspecified atom stereocenters. The van der Waals surface area contributed by atoms with Crippen molar-refractivity contribution in [2.75, 3.05) is 21.3 Å². The van der Waals surface area contributed by atoms with Crippen molar-refractivity contribution < 1.29 is 23.4 Å². The summed E-state index contributed by atoms with van der Waals surface area (Å²) in [5.41, 5.74) is 2.46. The van der Waals surface area contributed by atoms with Crippen LogP contribution in [0, 0.1) is 0 Å². The molecule has 4 rings (SSSR count). The predicted octanol–water partition coefficient (Wildman–Crippen LogP) is 4.91. The van der Waals surface area contributed by atoms with E-state index in [9.17, 15) is 4.79 Å². The van der Waals surface area contributed by atoms with Gasteiger partial charge in [0.05, 0.1) is 27.8 Å². The van der Waals surface area contributed by atoms with Gasteiger partial charge in [0.1, 0.15) is 17.4 Å². The number of fused-ring (bicyclic) bond motifs is 1. The molecule has 0 aliphatic carbocycles. The van der Waals surface area contributed by atoms with Crippen molar-refractivity contribution in [3.8, 4) is 17.2 Å². The van der Waals surface area contributed by atoms with E-state index in [-0.39, 0.29) is 12.3 Å². The first-order chi connectivity index (χ1) is 15.6. The number of ether oxygens (including phenoxy) is 3. The number of carbonyl (C=O) groups is 1. The number of benzene rings is 3. The molecule has 0 fully saturated rings. The number of hydrogen-bond acceptors (Lipinski definition) is 5.